The Bertz CT molecular complexity index is 879. The van der Waals surface area contributed by atoms with Crippen molar-refractivity contribution in [3.05, 3.63) is 78.9 Å². The number of hydrogen-bond acceptors (Lipinski definition) is 6. The van der Waals surface area contributed by atoms with Gasteiger partial charge in [0, 0.05) is 24.8 Å². The third-order valence-corrected chi connectivity index (χ3v) is 7.20. The topological polar surface area (TPSA) is 55.4 Å². The first kappa shape index (κ1) is 25.2. The zero-order chi connectivity index (χ0) is 23.1. The fourth-order valence-corrected chi connectivity index (χ4v) is 5.60. The second kappa shape index (κ2) is 14.6. The molecule has 0 radical (unpaired) electrons. The lowest BCUT2D eigenvalue weighted by molar-refractivity contribution is -0.00801. The van der Waals surface area contributed by atoms with Crippen LogP contribution in [0.2, 0.25) is 0 Å². The third kappa shape index (κ3) is 7.81. The Morgan fingerprint density at radius 1 is 0.545 bits per heavy atom. The van der Waals surface area contributed by atoms with E-state index >= 15 is 0 Å². The maximum absolute atomic E-state index is 6.03. The Morgan fingerprint density at radius 3 is 1.48 bits per heavy atom. The van der Waals surface area contributed by atoms with E-state index in [-0.39, 0.29) is 13.6 Å². The van der Waals surface area contributed by atoms with Crippen LogP contribution >= 0.6 is 7.92 Å². The molecule has 0 heterocycles. The van der Waals surface area contributed by atoms with Gasteiger partial charge in [0.15, 0.2) is 13.6 Å². The summed E-state index contributed by atoms with van der Waals surface area (Å²) in [5.41, 5.74) is 0. The molecule has 3 rings (SSSR count). The average Bonchev–Trinajstić information content (AvgIpc) is 2.86. The summed E-state index contributed by atoms with van der Waals surface area (Å²) in [6.07, 6.45) is 0. The van der Waals surface area contributed by atoms with Gasteiger partial charge in [-0.3, -0.25) is 0 Å². The molecule has 0 aliphatic rings. The highest BCUT2D eigenvalue weighted by atomic mass is 31.1. The fourth-order valence-electron chi connectivity index (χ4n) is 3.13. The summed E-state index contributed by atoms with van der Waals surface area (Å²) >= 11 is 0. The number of ether oxygens (including phenoxy) is 6. The highest BCUT2D eigenvalue weighted by molar-refractivity contribution is 7.80. The fraction of sp³-hybridized carbons (Fsp3) is 0.308. The van der Waals surface area contributed by atoms with Gasteiger partial charge in [-0.25, -0.2) is 0 Å². The van der Waals surface area contributed by atoms with E-state index < -0.39 is 7.92 Å². The standard InChI is InChI=1S/C26H31O6P/c1-27-16-18-29-20-31-23-12-6-8-14-25(23)33(22-10-4-3-5-11-22)26-15-9-7-13-24(26)32-21-30-19-17-28-2/h3-15H,16-21H2,1-2H3. The summed E-state index contributed by atoms with van der Waals surface area (Å²) < 4.78 is 33.2. The lowest BCUT2D eigenvalue weighted by Gasteiger charge is -2.24. The molecule has 3 aromatic carbocycles. The van der Waals surface area contributed by atoms with Gasteiger partial charge in [0.25, 0.3) is 0 Å². The van der Waals surface area contributed by atoms with E-state index in [2.05, 4.69) is 36.4 Å². The number of benzene rings is 3. The molecule has 0 amide bonds. The quantitative estimate of drug-likeness (QED) is 0.193. The van der Waals surface area contributed by atoms with E-state index in [4.69, 9.17) is 28.4 Å². The lowest BCUT2D eigenvalue weighted by atomic mass is 10.3. The van der Waals surface area contributed by atoms with Gasteiger partial charge < -0.3 is 28.4 Å². The molecule has 0 fully saturated rings. The monoisotopic (exact) mass is 470 g/mol. The second-order valence-corrected chi connectivity index (χ2v) is 9.08. The Kier molecular flexibility index (Phi) is 11.2. The van der Waals surface area contributed by atoms with Crippen molar-refractivity contribution in [2.45, 2.75) is 0 Å². The van der Waals surface area contributed by atoms with E-state index in [1.54, 1.807) is 14.2 Å². The van der Waals surface area contributed by atoms with E-state index in [0.29, 0.717) is 26.4 Å². The molecule has 0 spiro atoms. The highest BCUT2D eigenvalue weighted by Crippen LogP contribution is 2.39. The van der Waals surface area contributed by atoms with Crippen LogP contribution < -0.4 is 25.4 Å². The van der Waals surface area contributed by atoms with Crippen LogP contribution in [0.5, 0.6) is 11.5 Å². The van der Waals surface area contributed by atoms with Gasteiger partial charge in [-0.05, 0) is 25.4 Å². The van der Waals surface area contributed by atoms with Gasteiger partial charge in [0.05, 0.1) is 26.4 Å². The maximum Gasteiger partial charge on any atom is 0.189 e. The van der Waals surface area contributed by atoms with E-state index in [1.165, 1.54) is 5.30 Å². The molecule has 7 heteroatoms. The Hall–Kier alpha value is -2.47. The molecule has 0 aromatic heterocycles. The highest BCUT2D eigenvalue weighted by Gasteiger charge is 2.23. The van der Waals surface area contributed by atoms with Crippen molar-refractivity contribution in [1.29, 1.82) is 0 Å². The molecule has 0 aliphatic carbocycles. The van der Waals surface area contributed by atoms with E-state index in [0.717, 1.165) is 22.1 Å². The van der Waals surface area contributed by atoms with Crippen LogP contribution in [0.3, 0.4) is 0 Å². The van der Waals surface area contributed by atoms with Gasteiger partial charge in [0.1, 0.15) is 11.5 Å². The molecule has 176 valence electrons. The summed E-state index contributed by atoms with van der Waals surface area (Å²) in [6, 6.07) is 26.6. The Balaban J connectivity index is 1.89. The smallest absolute Gasteiger partial charge is 0.189 e. The molecule has 0 N–H and O–H groups in total. The number of rotatable bonds is 15. The molecule has 6 nitrogen and oxygen atoms in total. The van der Waals surface area contributed by atoms with Crippen molar-refractivity contribution < 1.29 is 28.4 Å². The molecular formula is C26H31O6P. The van der Waals surface area contributed by atoms with Gasteiger partial charge in [-0.1, -0.05) is 66.7 Å². The van der Waals surface area contributed by atoms with Crippen molar-refractivity contribution in [1.82, 2.24) is 0 Å². The van der Waals surface area contributed by atoms with Gasteiger partial charge in [0.2, 0.25) is 0 Å². The normalized spacial score (nSPS) is 11.0. The van der Waals surface area contributed by atoms with Gasteiger partial charge >= 0.3 is 0 Å². The molecule has 0 unspecified atom stereocenters. The first-order valence-corrected chi connectivity index (χ1v) is 12.1. The van der Waals surface area contributed by atoms with Crippen molar-refractivity contribution in [2.24, 2.45) is 0 Å². The SMILES string of the molecule is COCCOCOc1ccccc1P(c1ccccc1)c1ccccc1OCOCCOC. The molecule has 33 heavy (non-hydrogen) atoms. The minimum atomic E-state index is -0.953. The van der Waals surface area contributed by atoms with Crippen molar-refractivity contribution in [3.63, 3.8) is 0 Å². The second-order valence-electron chi connectivity index (χ2n) is 6.93. The van der Waals surface area contributed by atoms with Gasteiger partial charge in [-0.15, -0.1) is 0 Å². The molecule has 0 bridgehead atoms. The van der Waals surface area contributed by atoms with Crippen LogP contribution in [0.25, 0.3) is 0 Å². The Morgan fingerprint density at radius 2 is 1.00 bits per heavy atom. The first-order valence-electron chi connectivity index (χ1n) is 10.8. The van der Waals surface area contributed by atoms with E-state index in [9.17, 15) is 0 Å². The molecule has 0 atom stereocenters. The van der Waals surface area contributed by atoms with Crippen LogP contribution in [0.4, 0.5) is 0 Å². The molecule has 0 aliphatic heterocycles. The number of methoxy groups -OCH3 is 2. The summed E-state index contributed by atoms with van der Waals surface area (Å²) in [6.45, 7) is 2.32. The summed E-state index contributed by atoms with van der Waals surface area (Å²) in [4.78, 5) is 0. The van der Waals surface area contributed by atoms with Crippen molar-refractivity contribution in [3.8, 4) is 11.5 Å². The average molecular weight is 471 g/mol. The zero-order valence-corrected chi connectivity index (χ0v) is 20.0. The lowest BCUT2D eigenvalue weighted by Crippen LogP contribution is -2.24. The van der Waals surface area contributed by atoms with Gasteiger partial charge in [-0.2, -0.15) is 0 Å². The number of hydrogen-bond donors (Lipinski definition) is 0. The maximum atomic E-state index is 6.03. The molecule has 0 saturated heterocycles. The predicted octanol–water partition coefficient (Wildman–Crippen LogP) is 3.44. The zero-order valence-electron chi connectivity index (χ0n) is 19.1. The summed E-state index contributed by atoms with van der Waals surface area (Å²) in [5, 5.41) is 3.37. The van der Waals surface area contributed by atoms with Crippen LogP contribution in [-0.4, -0.2) is 54.2 Å². The molecular weight excluding hydrogens is 439 g/mol. The van der Waals surface area contributed by atoms with Crippen LogP contribution in [0.15, 0.2) is 78.9 Å². The van der Waals surface area contributed by atoms with E-state index in [1.807, 2.05) is 42.5 Å². The van der Waals surface area contributed by atoms with Crippen molar-refractivity contribution in [2.75, 3.05) is 54.2 Å². The predicted molar refractivity (Wildman–Crippen MR) is 132 cm³/mol. The van der Waals surface area contributed by atoms with Crippen LogP contribution in [0, 0.1) is 0 Å². The number of para-hydroxylation sites is 2. The van der Waals surface area contributed by atoms with Crippen LogP contribution in [0.1, 0.15) is 0 Å². The Labute approximate surface area is 197 Å². The first-order chi connectivity index (χ1) is 16.3. The minimum absolute atomic E-state index is 0.157. The molecule has 0 saturated carbocycles. The summed E-state index contributed by atoms with van der Waals surface area (Å²) in [5.74, 6) is 1.58. The largest absolute Gasteiger partial charge is 0.467 e. The summed E-state index contributed by atoms with van der Waals surface area (Å²) in [7, 11) is 2.34. The molecule has 3 aromatic rings. The van der Waals surface area contributed by atoms with Crippen LogP contribution in [-0.2, 0) is 18.9 Å². The third-order valence-electron chi connectivity index (χ3n) is 4.69. The van der Waals surface area contributed by atoms with Crippen molar-refractivity contribution >= 4 is 23.8 Å². The minimum Gasteiger partial charge on any atom is -0.467 e.